The molecule has 2 aromatic carbocycles. The minimum Gasteiger partial charge on any atom is -0.492 e. The molecule has 0 radical (unpaired) electrons. The van der Waals surface area contributed by atoms with E-state index in [2.05, 4.69) is 16.2 Å². The average Bonchev–Trinajstić information content (AvgIpc) is 2.55. The highest BCUT2D eigenvalue weighted by molar-refractivity contribution is 7.90. The van der Waals surface area contributed by atoms with Crippen molar-refractivity contribution in [2.45, 2.75) is 25.5 Å². The second kappa shape index (κ2) is 8.43. The zero-order valence-electron chi connectivity index (χ0n) is 14.1. The average molecular weight is 351 g/mol. The predicted octanol–water partition coefficient (Wildman–Crippen LogP) is 1.55. The molecule has 0 fully saturated rings. The molecule has 0 aliphatic heterocycles. The Kier molecular flexibility index (Phi) is 6.56. The molecular weight excluding hydrogens is 326 g/mol. The molecule has 24 heavy (non-hydrogen) atoms. The van der Waals surface area contributed by atoms with E-state index in [1.165, 1.54) is 0 Å². The lowest BCUT2D eigenvalue weighted by atomic mass is 10.0. The molecule has 6 nitrogen and oxygen atoms in total. The highest BCUT2D eigenvalue weighted by Crippen LogP contribution is 2.22. The summed E-state index contributed by atoms with van der Waals surface area (Å²) in [7, 11) is -3.21. The molecule has 2 rings (SSSR count). The highest BCUT2D eigenvalue weighted by Gasteiger charge is 2.14. The third kappa shape index (κ3) is 5.17. The Bertz CT molecular complexity index is 776. The van der Waals surface area contributed by atoms with Gasteiger partial charge in [0.1, 0.15) is 12.4 Å². The van der Waals surface area contributed by atoms with E-state index in [0.717, 1.165) is 22.1 Å². The first-order chi connectivity index (χ1) is 11.4. The van der Waals surface area contributed by atoms with Gasteiger partial charge in [-0.15, -0.1) is 0 Å². The maximum atomic E-state index is 11.7. The van der Waals surface area contributed by atoms with Crippen molar-refractivity contribution in [3.05, 3.63) is 42.0 Å². The van der Waals surface area contributed by atoms with Crippen molar-refractivity contribution in [3.63, 3.8) is 0 Å². The molecule has 0 saturated carbocycles. The Balaban J connectivity index is 2.00. The normalized spacial score (nSPS) is 12.0. The Hall–Kier alpha value is -1.67. The summed E-state index contributed by atoms with van der Waals surface area (Å²) in [5.41, 5.74) is 3.64. The molecule has 132 valence electrons. The lowest BCUT2D eigenvalue weighted by Gasteiger charge is -2.10. The van der Waals surface area contributed by atoms with Gasteiger partial charge in [0.2, 0.25) is 10.0 Å². The fourth-order valence-electron chi connectivity index (χ4n) is 2.25. The molecule has 0 unspecified atom stereocenters. The van der Waals surface area contributed by atoms with E-state index in [1.54, 1.807) is 13.8 Å². The van der Waals surface area contributed by atoms with E-state index in [0.29, 0.717) is 26.1 Å². The van der Waals surface area contributed by atoms with Gasteiger partial charge in [-0.05, 0) is 48.7 Å². The molecule has 0 amide bonds. The van der Waals surface area contributed by atoms with Gasteiger partial charge in [-0.3, -0.25) is 11.3 Å². The number of hydrogen-bond acceptors (Lipinski definition) is 5. The third-order valence-corrected chi connectivity index (χ3v) is 5.58. The zero-order chi connectivity index (χ0) is 17.6. The first-order valence-electron chi connectivity index (χ1n) is 8.00. The summed E-state index contributed by atoms with van der Waals surface area (Å²) in [6.07, 6.45) is 0.655. The molecule has 0 heterocycles. The number of hydrogen-bond donors (Lipinski definition) is 3. The van der Waals surface area contributed by atoms with Crippen molar-refractivity contribution in [1.82, 2.24) is 10.1 Å². The number of nitrogens with two attached hydrogens (primary N) is 1. The van der Waals surface area contributed by atoms with Crippen LogP contribution in [-0.4, -0.2) is 33.4 Å². The number of fused-ring (bicyclic) bond motifs is 1. The molecule has 2 aromatic rings. The zero-order valence-corrected chi connectivity index (χ0v) is 14.9. The summed E-state index contributed by atoms with van der Waals surface area (Å²) < 4.78 is 31.7. The van der Waals surface area contributed by atoms with Gasteiger partial charge in [0.05, 0.1) is 5.25 Å². The monoisotopic (exact) mass is 351 g/mol. The molecule has 4 N–H and O–H groups in total. The molecule has 0 aliphatic carbocycles. The summed E-state index contributed by atoms with van der Waals surface area (Å²) in [6.45, 7) is 4.84. The maximum absolute atomic E-state index is 11.7. The van der Waals surface area contributed by atoms with Crippen molar-refractivity contribution < 1.29 is 13.2 Å². The summed E-state index contributed by atoms with van der Waals surface area (Å²) in [6, 6.07) is 12.0. The van der Waals surface area contributed by atoms with E-state index in [9.17, 15) is 8.42 Å². The molecule has 0 saturated heterocycles. The van der Waals surface area contributed by atoms with Crippen LogP contribution in [0.25, 0.3) is 10.8 Å². The van der Waals surface area contributed by atoms with Gasteiger partial charge in [0.15, 0.2) is 0 Å². The minimum absolute atomic E-state index is 0.402. The van der Waals surface area contributed by atoms with Crippen LogP contribution in [0, 0.1) is 0 Å². The molecule has 7 heteroatoms. The van der Waals surface area contributed by atoms with Crippen molar-refractivity contribution in [1.29, 1.82) is 0 Å². The number of ether oxygens (including phenoxy) is 1. The van der Waals surface area contributed by atoms with E-state index >= 15 is 0 Å². The van der Waals surface area contributed by atoms with Gasteiger partial charge in [-0.1, -0.05) is 24.3 Å². The second-order valence-corrected chi connectivity index (χ2v) is 8.21. The van der Waals surface area contributed by atoms with Crippen LogP contribution in [0.1, 0.15) is 19.4 Å². The quantitative estimate of drug-likeness (QED) is 0.362. The fraction of sp³-hybridized carbons (Fsp3) is 0.412. The summed E-state index contributed by atoms with van der Waals surface area (Å²) in [5, 5.41) is 1.77. The minimum atomic E-state index is -3.21. The summed E-state index contributed by atoms with van der Waals surface area (Å²) >= 11 is 0. The number of hydrazine groups is 1. The van der Waals surface area contributed by atoms with Crippen LogP contribution >= 0.6 is 0 Å². The lowest BCUT2D eigenvalue weighted by molar-refractivity contribution is 0.315. The van der Waals surface area contributed by atoms with Gasteiger partial charge in [0, 0.05) is 13.1 Å². The third-order valence-electron chi connectivity index (χ3n) is 3.73. The van der Waals surface area contributed by atoms with Crippen LogP contribution in [-0.2, 0) is 16.4 Å². The van der Waals surface area contributed by atoms with E-state index in [1.807, 2.05) is 30.3 Å². The van der Waals surface area contributed by atoms with Crippen LogP contribution in [0.15, 0.2) is 36.4 Å². The van der Waals surface area contributed by atoms with Crippen LogP contribution in [0.5, 0.6) is 5.75 Å². The highest BCUT2D eigenvalue weighted by atomic mass is 32.2. The summed E-state index contributed by atoms with van der Waals surface area (Å²) in [5.74, 6) is 6.01. The summed E-state index contributed by atoms with van der Waals surface area (Å²) in [4.78, 5) is 0. The van der Waals surface area contributed by atoms with E-state index in [4.69, 9.17) is 10.6 Å². The number of benzene rings is 2. The first-order valence-corrected chi connectivity index (χ1v) is 9.54. The SMILES string of the molecule is CC(C)S(=O)(=O)NCCc1ccc2cc(OCCNN)ccc2c1. The van der Waals surface area contributed by atoms with Crippen LogP contribution in [0.3, 0.4) is 0 Å². The first kappa shape index (κ1) is 18.7. The van der Waals surface area contributed by atoms with Crippen molar-refractivity contribution in [3.8, 4) is 5.75 Å². The Morgan fingerprint density at radius 2 is 1.79 bits per heavy atom. The second-order valence-electron chi connectivity index (χ2n) is 5.88. The van der Waals surface area contributed by atoms with Crippen LogP contribution in [0.4, 0.5) is 0 Å². The van der Waals surface area contributed by atoms with Crippen molar-refractivity contribution in [2.75, 3.05) is 19.7 Å². The molecule has 0 aromatic heterocycles. The lowest BCUT2D eigenvalue weighted by Crippen LogP contribution is -2.32. The Labute approximate surface area is 143 Å². The van der Waals surface area contributed by atoms with Crippen molar-refractivity contribution in [2.24, 2.45) is 5.84 Å². The largest absolute Gasteiger partial charge is 0.492 e. The van der Waals surface area contributed by atoms with Gasteiger partial charge >= 0.3 is 0 Å². The van der Waals surface area contributed by atoms with Gasteiger partial charge in [-0.25, -0.2) is 13.1 Å². The number of nitrogens with one attached hydrogen (secondary N) is 2. The molecule has 0 aliphatic rings. The smallest absolute Gasteiger partial charge is 0.213 e. The van der Waals surface area contributed by atoms with Gasteiger partial charge < -0.3 is 4.74 Å². The standard InChI is InChI=1S/C17H25N3O3S/c1-13(2)24(21,22)20-8-7-14-3-4-16-12-17(23-10-9-19-18)6-5-15(16)11-14/h3-6,11-13,19-20H,7-10,18H2,1-2H3. The number of sulfonamides is 1. The van der Waals surface area contributed by atoms with E-state index in [-0.39, 0.29) is 0 Å². The van der Waals surface area contributed by atoms with Gasteiger partial charge in [0.25, 0.3) is 0 Å². The molecule has 0 bridgehead atoms. The Morgan fingerprint density at radius 1 is 1.08 bits per heavy atom. The van der Waals surface area contributed by atoms with Gasteiger partial charge in [-0.2, -0.15) is 0 Å². The maximum Gasteiger partial charge on any atom is 0.213 e. The molecular formula is C17H25N3O3S. The topological polar surface area (TPSA) is 93.5 Å². The van der Waals surface area contributed by atoms with Crippen molar-refractivity contribution >= 4 is 20.8 Å². The fourth-order valence-corrected chi connectivity index (χ4v) is 2.97. The van der Waals surface area contributed by atoms with Crippen LogP contribution < -0.4 is 20.7 Å². The predicted molar refractivity (Wildman–Crippen MR) is 97.4 cm³/mol. The molecule has 0 spiro atoms. The number of rotatable bonds is 9. The van der Waals surface area contributed by atoms with E-state index < -0.39 is 15.3 Å². The molecule has 0 atom stereocenters. The Morgan fingerprint density at radius 3 is 2.50 bits per heavy atom. The van der Waals surface area contributed by atoms with Crippen LogP contribution in [0.2, 0.25) is 0 Å².